The molecule has 94 valence electrons. The zero-order chi connectivity index (χ0) is 13.6. The van der Waals surface area contributed by atoms with Gasteiger partial charge in [-0.05, 0) is 30.2 Å². The van der Waals surface area contributed by atoms with Crippen LogP contribution in [0.1, 0.15) is 23.1 Å². The number of aryl methyl sites for hydroxylation is 1. The number of nitrogens with zero attached hydrogens (tertiary/aromatic N) is 3. The fraction of sp³-hybridized carbons (Fsp3) is 0.333. The van der Waals surface area contributed by atoms with Crippen LogP contribution < -0.4 is 0 Å². The van der Waals surface area contributed by atoms with Crippen molar-refractivity contribution in [3.8, 4) is 11.8 Å². The van der Waals surface area contributed by atoms with Crippen molar-refractivity contribution in [1.82, 2.24) is 0 Å². The molecule has 18 heavy (non-hydrogen) atoms. The quantitative estimate of drug-likeness (QED) is 0.251. The van der Waals surface area contributed by atoms with Gasteiger partial charge in [-0.15, -0.1) is 0 Å². The zero-order valence-corrected chi connectivity index (χ0v) is 9.62. The lowest BCUT2D eigenvalue weighted by Crippen LogP contribution is -2.07. The van der Waals surface area contributed by atoms with Gasteiger partial charge in [0.2, 0.25) is 0 Å². The zero-order valence-electron chi connectivity index (χ0n) is 9.62. The van der Waals surface area contributed by atoms with E-state index in [0.717, 1.165) is 6.07 Å². The summed E-state index contributed by atoms with van der Waals surface area (Å²) in [5, 5.41) is 3.27. The molecule has 0 aromatic heterocycles. The van der Waals surface area contributed by atoms with Crippen molar-refractivity contribution in [2.24, 2.45) is 5.11 Å². The van der Waals surface area contributed by atoms with Crippen LogP contribution >= 0.6 is 0 Å². The lowest BCUT2D eigenvalue weighted by molar-refractivity contribution is -0.138. The van der Waals surface area contributed by atoms with Gasteiger partial charge in [0, 0.05) is 23.4 Å². The highest BCUT2D eigenvalue weighted by atomic mass is 19.4. The Bertz CT molecular complexity index is 532. The number of azide groups is 1. The van der Waals surface area contributed by atoms with Crippen LogP contribution in [0.5, 0.6) is 0 Å². The molecular weight excluding hydrogens is 243 g/mol. The fourth-order valence-electron chi connectivity index (χ4n) is 1.32. The van der Waals surface area contributed by atoms with E-state index in [4.69, 9.17) is 5.53 Å². The van der Waals surface area contributed by atoms with Crippen LogP contribution in [0.3, 0.4) is 0 Å². The van der Waals surface area contributed by atoms with Crippen LogP contribution in [-0.4, -0.2) is 6.54 Å². The van der Waals surface area contributed by atoms with E-state index in [1.54, 1.807) is 0 Å². The molecule has 0 radical (unpaired) electrons. The van der Waals surface area contributed by atoms with E-state index < -0.39 is 11.7 Å². The monoisotopic (exact) mass is 253 g/mol. The van der Waals surface area contributed by atoms with Gasteiger partial charge in [0.15, 0.2) is 0 Å². The molecule has 0 N–H and O–H groups in total. The normalized spacial score (nSPS) is 10.2. The summed E-state index contributed by atoms with van der Waals surface area (Å²) in [6.07, 6.45) is -4.05. The van der Waals surface area contributed by atoms with Gasteiger partial charge in [0.1, 0.15) is 0 Å². The number of halogens is 3. The topological polar surface area (TPSA) is 48.8 Å². The smallest absolute Gasteiger partial charge is 0.166 e. The first-order valence-electron chi connectivity index (χ1n) is 5.12. The Labute approximate surface area is 102 Å². The van der Waals surface area contributed by atoms with Gasteiger partial charge in [0.25, 0.3) is 0 Å². The number of benzene rings is 1. The third-order valence-electron chi connectivity index (χ3n) is 2.18. The molecule has 0 saturated heterocycles. The number of rotatable bonds is 2. The van der Waals surface area contributed by atoms with Crippen molar-refractivity contribution < 1.29 is 13.2 Å². The average Bonchev–Trinajstić information content (AvgIpc) is 2.29. The maximum atomic E-state index is 12.6. The fourth-order valence-corrected chi connectivity index (χ4v) is 1.32. The summed E-state index contributed by atoms with van der Waals surface area (Å²) >= 11 is 0. The molecule has 0 heterocycles. The predicted molar refractivity (Wildman–Crippen MR) is 61.7 cm³/mol. The van der Waals surface area contributed by atoms with E-state index in [2.05, 4.69) is 21.9 Å². The average molecular weight is 253 g/mol. The molecule has 0 bridgehead atoms. The maximum Gasteiger partial charge on any atom is 0.416 e. The van der Waals surface area contributed by atoms with Gasteiger partial charge in [-0.2, -0.15) is 13.2 Å². The lowest BCUT2D eigenvalue weighted by Gasteiger charge is -2.09. The molecule has 0 amide bonds. The molecule has 0 aliphatic carbocycles. The summed E-state index contributed by atoms with van der Waals surface area (Å²) in [7, 11) is 0. The Morgan fingerprint density at radius 2 is 2.11 bits per heavy atom. The first-order chi connectivity index (χ1) is 8.45. The van der Waals surface area contributed by atoms with Gasteiger partial charge in [-0.25, -0.2) is 0 Å². The Hall–Kier alpha value is -2.12. The molecule has 6 heteroatoms. The molecule has 0 aliphatic heterocycles. The van der Waals surface area contributed by atoms with Gasteiger partial charge in [-0.1, -0.05) is 23.0 Å². The second-order valence-electron chi connectivity index (χ2n) is 3.53. The van der Waals surface area contributed by atoms with E-state index in [0.29, 0.717) is 12.0 Å². The van der Waals surface area contributed by atoms with Crippen LogP contribution in [0.25, 0.3) is 10.4 Å². The Morgan fingerprint density at radius 3 is 2.72 bits per heavy atom. The molecule has 1 aromatic carbocycles. The van der Waals surface area contributed by atoms with Crippen molar-refractivity contribution >= 4 is 0 Å². The SMILES string of the molecule is Cc1ccc(C#CCCN=[N+]=[N-])cc1C(F)(F)F. The minimum absolute atomic E-state index is 0.169. The molecule has 0 atom stereocenters. The third-order valence-corrected chi connectivity index (χ3v) is 2.18. The highest BCUT2D eigenvalue weighted by molar-refractivity contribution is 5.41. The van der Waals surface area contributed by atoms with E-state index in [-0.39, 0.29) is 12.1 Å². The molecule has 3 nitrogen and oxygen atoms in total. The molecule has 1 rings (SSSR count). The van der Waals surface area contributed by atoms with Gasteiger partial charge in [-0.3, -0.25) is 0 Å². The Morgan fingerprint density at radius 1 is 1.39 bits per heavy atom. The van der Waals surface area contributed by atoms with Crippen molar-refractivity contribution in [2.45, 2.75) is 19.5 Å². The van der Waals surface area contributed by atoms with Crippen LogP contribution in [-0.2, 0) is 6.18 Å². The van der Waals surface area contributed by atoms with Crippen molar-refractivity contribution in [3.05, 3.63) is 45.3 Å². The second kappa shape index (κ2) is 5.99. The van der Waals surface area contributed by atoms with Gasteiger partial charge in [0.05, 0.1) is 5.56 Å². The summed E-state index contributed by atoms with van der Waals surface area (Å²) in [6.45, 7) is 1.61. The van der Waals surface area contributed by atoms with Crippen molar-refractivity contribution in [1.29, 1.82) is 0 Å². The first kappa shape index (κ1) is 13.9. The number of hydrogen-bond donors (Lipinski definition) is 0. The lowest BCUT2D eigenvalue weighted by atomic mass is 10.0. The largest absolute Gasteiger partial charge is 0.416 e. The molecule has 0 saturated carbocycles. The third kappa shape index (κ3) is 4.04. The Kier molecular flexibility index (Phi) is 4.64. The summed E-state index contributed by atoms with van der Waals surface area (Å²) in [5.74, 6) is 5.26. The number of alkyl halides is 3. The molecular formula is C12H10F3N3. The van der Waals surface area contributed by atoms with E-state index in [1.807, 2.05) is 0 Å². The van der Waals surface area contributed by atoms with Crippen LogP contribution in [0, 0.1) is 18.8 Å². The van der Waals surface area contributed by atoms with E-state index >= 15 is 0 Å². The van der Waals surface area contributed by atoms with Crippen LogP contribution in [0.15, 0.2) is 23.3 Å². The van der Waals surface area contributed by atoms with Crippen LogP contribution in [0.4, 0.5) is 13.2 Å². The Balaban J connectivity index is 2.89. The highest BCUT2D eigenvalue weighted by Crippen LogP contribution is 2.32. The highest BCUT2D eigenvalue weighted by Gasteiger charge is 2.32. The summed E-state index contributed by atoms with van der Waals surface area (Å²) in [4.78, 5) is 2.55. The van der Waals surface area contributed by atoms with Gasteiger partial charge < -0.3 is 0 Å². The minimum atomic E-state index is -4.37. The molecule has 0 spiro atoms. The minimum Gasteiger partial charge on any atom is -0.166 e. The molecule has 1 aromatic rings. The molecule has 0 unspecified atom stereocenters. The molecule has 0 aliphatic rings. The predicted octanol–water partition coefficient (Wildman–Crippen LogP) is 4.07. The van der Waals surface area contributed by atoms with E-state index in [9.17, 15) is 13.2 Å². The van der Waals surface area contributed by atoms with Crippen molar-refractivity contribution in [3.63, 3.8) is 0 Å². The first-order valence-corrected chi connectivity index (χ1v) is 5.12. The van der Waals surface area contributed by atoms with Crippen LogP contribution in [0.2, 0.25) is 0 Å². The summed E-state index contributed by atoms with van der Waals surface area (Å²) < 4.78 is 37.8. The van der Waals surface area contributed by atoms with Crippen molar-refractivity contribution in [2.75, 3.05) is 6.54 Å². The number of hydrogen-bond acceptors (Lipinski definition) is 1. The summed E-state index contributed by atoms with van der Waals surface area (Å²) in [6, 6.07) is 3.95. The van der Waals surface area contributed by atoms with E-state index in [1.165, 1.54) is 19.1 Å². The molecule has 0 fully saturated rings. The second-order valence-corrected chi connectivity index (χ2v) is 3.53. The maximum absolute atomic E-state index is 12.6. The summed E-state index contributed by atoms with van der Waals surface area (Å²) in [5.41, 5.74) is 7.82. The van der Waals surface area contributed by atoms with Gasteiger partial charge >= 0.3 is 6.18 Å². The standard InChI is InChI=1S/C12H10F3N3/c1-9-5-6-10(4-2-3-7-17-18-16)8-11(9)12(13,14)15/h5-6,8H,3,7H2,1H3.